The first-order valence-corrected chi connectivity index (χ1v) is 5.00. The van der Waals surface area contributed by atoms with Crippen LogP contribution in [0.1, 0.15) is 26.7 Å². The Labute approximate surface area is 89.7 Å². The Balaban J connectivity index is 3.95. The Morgan fingerprint density at radius 3 is 2.33 bits per heavy atom. The first-order valence-electron chi connectivity index (χ1n) is 5.00. The van der Waals surface area contributed by atoms with E-state index in [1.54, 1.807) is 13.8 Å². The predicted molar refractivity (Wildman–Crippen MR) is 53.3 cm³/mol. The first kappa shape index (κ1) is 13.9. The van der Waals surface area contributed by atoms with Gasteiger partial charge in [-0.15, -0.1) is 0 Å². The molecule has 1 unspecified atom stereocenters. The molecule has 5 nitrogen and oxygen atoms in total. The van der Waals surface area contributed by atoms with E-state index in [-0.39, 0.29) is 12.4 Å². The fourth-order valence-corrected chi connectivity index (χ4v) is 1.08. The van der Waals surface area contributed by atoms with E-state index in [1.165, 1.54) is 7.11 Å². The van der Waals surface area contributed by atoms with Crippen molar-refractivity contribution in [1.29, 1.82) is 0 Å². The van der Waals surface area contributed by atoms with Crippen LogP contribution in [0.4, 0.5) is 0 Å². The molecule has 0 amide bonds. The van der Waals surface area contributed by atoms with Crippen LogP contribution in [0, 0.1) is 0 Å². The highest BCUT2D eigenvalue weighted by atomic mass is 16.6. The van der Waals surface area contributed by atoms with Crippen molar-refractivity contribution in [3.8, 4) is 0 Å². The molecular weight excluding hydrogens is 200 g/mol. The zero-order valence-electron chi connectivity index (χ0n) is 9.45. The number of esters is 2. The summed E-state index contributed by atoms with van der Waals surface area (Å²) in [4.78, 5) is 22.2. The molecule has 15 heavy (non-hydrogen) atoms. The zero-order valence-corrected chi connectivity index (χ0v) is 9.45. The van der Waals surface area contributed by atoms with Gasteiger partial charge in [0.1, 0.15) is 0 Å². The zero-order chi connectivity index (χ0) is 11.7. The van der Waals surface area contributed by atoms with Gasteiger partial charge in [-0.1, -0.05) is 0 Å². The maximum atomic E-state index is 11.2. The second kappa shape index (κ2) is 8.23. The van der Waals surface area contributed by atoms with Gasteiger partial charge in [0.05, 0.1) is 13.7 Å². The molecular formula is C10H18O5. The highest BCUT2D eigenvalue weighted by Crippen LogP contribution is 2.05. The molecule has 0 aromatic rings. The molecule has 0 radical (unpaired) electrons. The number of carbonyl (C=O) groups excluding carboxylic acids is 2. The van der Waals surface area contributed by atoms with Crippen molar-refractivity contribution < 1.29 is 23.8 Å². The molecule has 0 rings (SSSR count). The normalized spacial score (nSPS) is 11.9. The summed E-state index contributed by atoms with van der Waals surface area (Å²) in [6.07, 6.45) is -0.225. The topological polar surface area (TPSA) is 61.8 Å². The fourth-order valence-electron chi connectivity index (χ4n) is 1.08. The molecule has 0 aromatic carbocycles. The van der Waals surface area contributed by atoms with Gasteiger partial charge in [0.2, 0.25) is 0 Å². The molecule has 0 aromatic heterocycles. The largest absolute Gasteiger partial charge is 0.467 e. The highest BCUT2D eigenvalue weighted by Gasteiger charge is 2.20. The SMILES string of the molecule is CCOC(=O)CCC(OCC)C(=O)OC. The molecule has 0 fully saturated rings. The number of ether oxygens (including phenoxy) is 3. The average Bonchev–Trinajstić information content (AvgIpc) is 2.23. The van der Waals surface area contributed by atoms with Gasteiger partial charge < -0.3 is 14.2 Å². The summed E-state index contributed by atoms with van der Waals surface area (Å²) >= 11 is 0. The van der Waals surface area contributed by atoms with Gasteiger partial charge in [0.15, 0.2) is 6.10 Å². The molecule has 0 aliphatic rings. The summed E-state index contributed by atoms with van der Waals surface area (Å²) in [5, 5.41) is 0. The van der Waals surface area contributed by atoms with Crippen LogP contribution in [0.5, 0.6) is 0 Å². The van der Waals surface area contributed by atoms with Crippen molar-refractivity contribution >= 4 is 11.9 Å². The van der Waals surface area contributed by atoms with Gasteiger partial charge in [0, 0.05) is 13.0 Å². The van der Waals surface area contributed by atoms with E-state index in [0.717, 1.165) is 0 Å². The van der Waals surface area contributed by atoms with E-state index in [9.17, 15) is 9.59 Å². The number of methoxy groups -OCH3 is 1. The van der Waals surface area contributed by atoms with Gasteiger partial charge in [-0.2, -0.15) is 0 Å². The quantitative estimate of drug-likeness (QED) is 0.594. The standard InChI is InChI=1S/C10H18O5/c1-4-14-8(10(12)13-3)6-7-9(11)15-5-2/h8H,4-7H2,1-3H3. The van der Waals surface area contributed by atoms with Crippen molar-refractivity contribution in [2.45, 2.75) is 32.8 Å². The summed E-state index contributed by atoms with van der Waals surface area (Å²) < 4.78 is 14.4. The van der Waals surface area contributed by atoms with E-state index >= 15 is 0 Å². The summed E-state index contributed by atoms with van der Waals surface area (Å²) in [5.41, 5.74) is 0. The van der Waals surface area contributed by atoms with Gasteiger partial charge in [0.25, 0.3) is 0 Å². The van der Waals surface area contributed by atoms with E-state index in [2.05, 4.69) is 4.74 Å². The lowest BCUT2D eigenvalue weighted by Crippen LogP contribution is -2.26. The van der Waals surface area contributed by atoms with Crippen molar-refractivity contribution in [3.63, 3.8) is 0 Å². The lowest BCUT2D eigenvalue weighted by molar-refractivity contribution is -0.155. The van der Waals surface area contributed by atoms with Gasteiger partial charge in [-0.05, 0) is 20.3 Å². The Morgan fingerprint density at radius 1 is 1.20 bits per heavy atom. The van der Waals surface area contributed by atoms with Crippen LogP contribution in [0.15, 0.2) is 0 Å². The Morgan fingerprint density at radius 2 is 1.87 bits per heavy atom. The molecule has 0 saturated heterocycles. The molecule has 0 saturated carbocycles. The summed E-state index contributed by atoms with van der Waals surface area (Å²) in [5.74, 6) is -0.785. The van der Waals surface area contributed by atoms with E-state index in [4.69, 9.17) is 9.47 Å². The van der Waals surface area contributed by atoms with Gasteiger partial charge >= 0.3 is 11.9 Å². The third-order valence-corrected chi connectivity index (χ3v) is 1.75. The number of hydrogen-bond acceptors (Lipinski definition) is 5. The highest BCUT2D eigenvalue weighted by molar-refractivity contribution is 5.76. The third-order valence-electron chi connectivity index (χ3n) is 1.75. The number of rotatable bonds is 7. The van der Waals surface area contributed by atoms with E-state index in [0.29, 0.717) is 19.6 Å². The minimum absolute atomic E-state index is 0.160. The monoisotopic (exact) mass is 218 g/mol. The number of hydrogen-bond donors (Lipinski definition) is 0. The summed E-state index contributed by atoms with van der Waals surface area (Å²) in [6, 6.07) is 0. The van der Waals surface area contributed by atoms with Crippen molar-refractivity contribution in [3.05, 3.63) is 0 Å². The second-order valence-corrected chi connectivity index (χ2v) is 2.81. The molecule has 0 aliphatic carbocycles. The number of carbonyl (C=O) groups is 2. The molecule has 0 spiro atoms. The molecule has 0 N–H and O–H groups in total. The molecule has 1 atom stereocenters. The Bertz CT molecular complexity index is 202. The lowest BCUT2D eigenvalue weighted by Gasteiger charge is -2.13. The minimum Gasteiger partial charge on any atom is -0.467 e. The van der Waals surface area contributed by atoms with Crippen LogP contribution in [0.2, 0.25) is 0 Å². The van der Waals surface area contributed by atoms with Gasteiger partial charge in [-0.25, -0.2) is 4.79 Å². The van der Waals surface area contributed by atoms with Crippen LogP contribution >= 0.6 is 0 Å². The molecule has 0 aliphatic heterocycles. The van der Waals surface area contributed by atoms with Crippen LogP contribution < -0.4 is 0 Å². The predicted octanol–water partition coefficient (Wildman–Crippen LogP) is 0.908. The third kappa shape index (κ3) is 6.06. The van der Waals surface area contributed by atoms with Crippen LogP contribution in [-0.4, -0.2) is 38.4 Å². The maximum Gasteiger partial charge on any atom is 0.334 e. The minimum atomic E-state index is -0.676. The first-order chi connectivity index (χ1) is 7.15. The average molecular weight is 218 g/mol. The summed E-state index contributed by atoms with van der Waals surface area (Å²) in [6.45, 7) is 4.26. The molecule has 0 bridgehead atoms. The smallest absolute Gasteiger partial charge is 0.334 e. The summed E-state index contributed by atoms with van der Waals surface area (Å²) in [7, 11) is 1.29. The Kier molecular flexibility index (Phi) is 7.62. The van der Waals surface area contributed by atoms with E-state index < -0.39 is 12.1 Å². The molecule has 88 valence electrons. The maximum absolute atomic E-state index is 11.2. The van der Waals surface area contributed by atoms with E-state index in [1.807, 2.05) is 0 Å². The Hall–Kier alpha value is -1.10. The molecule has 5 heteroatoms. The van der Waals surface area contributed by atoms with Crippen LogP contribution in [0.25, 0.3) is 0 Å². The van der Waals surface area contributed by atoms with Crippen molar-refractivity contribution in [2.75, 3.05) is 20.3 Å². The van der Waals surface area contributed by atoms with Crippen LogP contribution in [0.3, 0.4) is 0 Å². The van der Waals surface area contributed by atoms with Gasteiger partial charge in [-0.3, -0.25) is 4.79 Å². The fraction of sp³-hybridized carbons (Fsp3) is 0.800. The molecule has 0 heterocycles. The second-order valence-electron chi connectivity index (χ2n) is 2.81. The van der Waals surface area contributed by atoms with Crippen molar-refractivity contribution in [2.24, 2.45) is 0 Å². The van der Waals surface area contributed by atoms with Crippen molar-refractivity contribution in [1.82, 2.24) is 0 Å². The lowest BCUT2D eigenvalue weighted by atomic mass is 10.2. The van der Waals surface area contributed by atoms with Crippen LogP contribution in [-0.2, 0) is 23.8 Å².